The molecule has 0 spiro atoms. The fourth-order valence-electron chi connectivity index (χ4n) is 3.55. The lowest BCUT2D eigenvalue weighted by Gasteiger charge is -2.29. The van der Waals surface area contributed by atoms with Crippen molar-refractivity contribution in [2.45, 2.75) is 38.7 Å². The standard InChI is InChI=1S/C21H23F3O2/c1-3-4-13-5-10-19(26-12-13)17-9-8-16(20(23)21(17)24)15-7-6-14(25-2)11-18(15)22/h6-9,11,13,19H,3-5,10,12H2,1-2H3. The first-order chi connectivity index (χ1) is 12.5. The molecule has 140 valence electrons. The lowest BCUT2D eigenvalue weighted by Crippen LogP contribution is -2.21. The molecule has 0 saturated carbocycles. The Morgan fingerprint density at radius 1 is 1.04 bits per heavy atom. The van der Waals surface area contributed by atoms with E-state index in [1.54, 1.807) is 0 Å². The third-order valence-corrected chi connectivity index (χ3v) is 4.99. The number of hydrogen-bond donors (Lipinski definition) is 0. The third-order valence-electron chi connectivity index (χ3n) is 4.99. The second-order valence-electron chi connectivity index (χ2n) is 6.73. The first-order valence-electron chi connectivity index (χ1n) is 8.98. The summed E-state index contributed by atoms with van der Waals surface area (Å²) in [4.78, 5) is 0. The van der Waals surface area contributed by atoms with Gasteiger partial charge in [0, 0.05) is 22.8 Å². The Morgan fingerprint density at radius 2 is 1.81 bits per heavy atom. The smallest absolute Gasteiger partial charge is 0.167 e. The summed E-state index contributed by atoms with van der Waals surface area (Å²) in [6, 6.07) is 6.97. The SMILES string of the molecule is CCCC1CCC(c2ccc(-c3ccc(OC)cc3F)c(F)c2F)OC1. The highest BCUT2D eigenvalue weighted by molar-refractivity contribution is 5.66. The first-order valence-corrected chi connectivity index (χ1v) is 8.98. The van der Waals surface area contributed by atoms with Crippen LogP contribution in [0.2, 0.25) is 0 Å². The van der Waals surface area contributed by atoms with Gasteiger partial charge in [-0.2, -0.15) is 0 Å². The molecule has 2 unspecified atom stereocenters. The topological polar surface area (TPSA) is 18.5 Å². The Labute approximate surface area is 151 Å². The predicted molar refractivity (Wildman–Crippen MR) is 94.6 cm³/mol. The highest BCUT2D eigenvalue weighted by Gasteiger charge is 2.27. The highest BCUT2D eigenvalue weighted by Crippen LogP contribution is 2.37. The Morgan fingerprint density at radius 3 is 2.42 bits per heavy atom. The van der Waals surface area contributed by atoms with Crippen molar-refractivity contribution in [2.75, 3.05) is 13.7 Å². The van der Waals surface area contributed by atoms with Crippen LogP contribution in [0, 0.1) is 23.4 Å². The lowest BCUT2D eigenvalue weighted by molar-refractivity contribution is -0.0214. The van der Waals surface area contributed by atoms with E-state index in [9.17, 15) is 13.2 Å². The zero-order valence-electron chi connectivity index (χ0n) is 15.0. The fourth-order valence-corrected chi connectivity index (χ4v) is 3.55. The predicted octanol–water partition coefficient (Wildman–Crippen LogP) is 6.05. The van der Waals surface area contributed by atoms with E-state index < -0.39 is 23.6 Å². The number of rotatable bonds is 5. The monoisotopic (exact) mass is 364 g/mol. The van der Waals surface area contributed by atoms with Crippen LogP contribution in [0.1, 0.15) is 44.3 Å². The molecule has 26 heavy (non-hydrogen) atoms. The van der Waals surface area contributed by atoms with E-state index in [0.717, 1.165) is 25.3 Å². The number of hydrogen-bond acceptors (Lipinski definition) is 2. The molecule has 0 amide bonds. The van der Waals surface area contributed by atoms with Gasteiger partial charge in [0.2, 0.25) is 0 Å². The molecule has 1 aliphatic rings. The second-order valence-corrected chi connectivity index (χ2v) is 6.73. The van der Waals surface area contributed by atoms with Crippen LogP contribution < -0.4 is 4.74 Å². The normalized spacial score (nSPS) is 20.2. The zero-order valence-corrected chi connectivity index (χ0v) is 15.0. The van der Waals surface area contributed by atoms with Crippen LogP contribution in [-0.2, 0) is 4.74 Å². The van der Waals surface area contributed by atoms with Crippen molar-refractivity contribution in [3.63, 3.8) is 0 Å². The van der Waals surface area contributed by atoms with E-state index in [-0.39, 0.29) is 16.7 Å². The Bertz CT molecular complexity index is 768. The van der Waals surface area contributed by atoms with Gasteiger partial charge in [-0.15, -0.1) is 0 Å². The van der Waals surface area contributed by atoms with Crippen LogP contribution in [0.4, 0.5) is 13.2 Å². The van der Waals surface area contributed by atoms with Crippen LogP contribution in [0.15, 0.2) is 30.3 Å². The molecule has 0 N–H and O–H groups in total. The number of methoxy groups -OCH3 is 1. The molecule has 2 aromatic rings. The van der Waals surface area contributed by atoms with Crippen molar-refractivity contribution in [3.8, 4) is 16.9 Å². The first kappa shape index (κ1) is 18.8. The minimum atomic E-state index is -1.05. The van der Waals surface area contributed by atoms with E-state index in [2.05, 4.69) is 6.92 Å². The highest BCUT2D eigenvalue weighted by atomic mass is 19.2. The van der Waals surface area contributed by atoms with Crippen molar-refractivity contribution in [1.82, 2.24) is 0 Å². The number of benzene rings is 2. The van der Waals surface area contributed by atoms with Gasteiger partial charge in [-0.3, -0.25) is 0 Å². The second kappa shape index (κ2) is 8.12. The maximum atomic E-state index is 14.7. The third kappa shape index (κ3) is 3.73. The molecule has 2 atom stereocenters. The summed E-state index contributed by atoms with van der Waals surface area (Å²) in [7, 11) is 1.42. The molecule has 0 aromatic heterocycles. The fraction of sp³-hybridized carbons (Fsp3) is 0.429. The van der Waals surface area contributed by atoms with Crippen molar-refractivity contribution < 1.29 is 22.6 Å². The maximum absolute atomic E-state index is 14.7. The maximum Gasteiger partial charge on any atom is 0.167 e. The Balaban J connectivity index is 1.85. The van der Waals surface area contributed by atoms with Gasteiger partial charge in [0.15, 0.2) is 11.6 Å². The van der Waals surface area contributed by atoms with E-state index in [0.29, 0.717) is 24.7 Å². The molecule has 2 aromatic carbocycles. The average molecular weight is 364 g/mol. The molecule has 0 bridgehead atoms. The quantitative estimate of drug-likeness (QED) is 0.643. The van der Waals surface area contributed by atoms with Gasteiger partial charge in [0.05, 0.1) is 19.8 Å². The lowest BCUT2D eigenvalue weighted by atomic mass is 9.91. The number of ether oxygens (including phenoxy) is 2. The van der Waals surface area contributed by atoms with E-state index in [4.69, 9.17) is 9.47 Å². The number of halogens is 3. The average Bonchev–Trinajstić information content (AvgIpc) is 2.65. The molecule has 3 rings (SSSR count). The molecule has 5 heteroatoms. The molecule has 2 nitrogen and oxygen atoms in total. The van der Waals surface area contributed by atoms with Crippen molar-refractivity contribution in [3.05, 3.63) is 53.3 Å². The molecule has 1 aliphatic heterocycles. The Hall–Kier alpha value is -2.01. The van der Waals surface area contributed by atoms with E-state index in [1.807, 2.05) is 0 Å². The van der Waals surface area contributed by atoms with Crippen LogP contribution in [-0.4, -0.2) is 13.7 Å². The van der Waals surface area contributed by atoms with Crippen molar-refractivity contribution in [2.24, 2.45) is 5.92 Å². The van der Waals surface area contributed by atoms with Gasteiger partial charge < -0.3 is 9.47 Å². The minimum absolute atomic E-state index is 0.00122. The summed E-state index contributed by atoms with van der Waals surface area (Å²) in [5.74, 6) is -1.87. The minimum Gasteiger partial charge on any atom is -0.497 e. The summed E-state index contributed by atoms with van der Waals surface area (Å²) < 4.78 is 54.2. The largest absolute Gasteiger partial charge is 0.497 e. The van der Waals surface area contributed by atoms with E-state index >= 15 is 0 Å². The summed E-state index contributed by atoms with van der Waals surface area (Å²) in [5.41, 5.74) is 0.0995. The van der Waals surface area contributed by atoms with Crippen LogP contribution in [0.3, 0.4) is 0 Å². The molecule has 0 aliphatic carbocycles. The summed E-state index contributed by atoms with van der Waals surface area (Å²) >= 11 is 0. The molecule has 1 heterocycles. The molecular weight excluding hydrogens is 341 g/mol. The molecule has 1 saturated heterocycles. The molecule has 0 radical (unpaired) electrons. The summed E-state index contributed by atoms with van der Waals surface area (Å²) in [6.45, 7) is 2.69. The zero-order chi connectivity index (χ0) is 18.7. The summed E-state index contributed by atoms with van der Waals surface area (Å²) in [6.07, 6.45) is 3.32. The molecular formula is C21H23F3O2. The van der Waals surface area contributed by atoms with Gasteiger partial charge in [-0.1, -0.05) is 25.5 Å². The molecule has 1 fully saturated rings. The van der Waals surface area contributed by atoms with Gasteiger partial charge in [-0.05, 0) is 37.3 Å². The van der Waals surface area contributed by atoms with Crippen molar-refractivity contribution >= 4 is 0 Å². The summed E-state index contributed by atoms with van der Waals surface area (Å²) in [5, 5.41) is 0. The van der Waals surface area contributed by atoms with Crippen LogP contribution >= 0.6 is 0 Å². The van der Waals surface area contributed by atoms with Gasteiger partial charge in [0.1, 0.15) is 11.6 Å². The Kier molecular flexibility index (Phi) is 5.87. The van der Waals surface area contributed by atoms with Crippen molar-refractivity contribution in [1.29, 1.82) is 0 Å². The van der Waals surface area contributed by atoms with Gasteiger partial charge in [0.25, 0.3) is 0 Å². The van der Waals surface area contributed by atoms with Gasteiger partial charge >= 0.3 is 0 Å². The van der Waals surface area contributed by atoms with Crippen LogP contribution in [0.5, 0.6) is 5.75 Å². The van der Waals surface area contributed by atoms with Gasteiger partial charge in [-0.25, -0.2) is 13.2 Å². The van der Waals surface area contributed by atoms with E-state index in [1.165, 1.54) is 31.4 Å². The van der Waals surface area contributed by atoms with Crippen LogP contribution in [0.25, 0.3) is 11.1 Å².